The van der Waals surface area contributed by atoms with Crippen LogP contribution in [-0.2, 0) is 16.2 Å². The third-order valence-corrected chi connectivity index (χ3v) is 13.0. The fourth-order valence-electron chi connectivity index (χ4n) is 9.92. The zero-order chi connectivity index (χ0) is 37.3. The van der Waals surface area contributed by atoms with Gasteiger partial charge in [-0.05, 0) is 135 Å². The van der Waals surface area contributed by atoms with Crippen LogP contribution in [0.5, 0.6) is 0 Å². The lowest BCUT2D eigenvalue weighted by Crippen LogP contribution is -2.18. The van der Waals surface area contributed by atoms with Crippen molar-refractivity contribution < 1.29 is 0 Å². The highest BCUT2D eigenvalue weighted by Crippen LogP contribution is 2.55. The number of aryl methyl sites for hydroxylation is 2. The SMILES string of the molecule is Cc1cc2c(cc1-c1ccc3c(n1)-c1ncccc1C3(C)C)C(C)(C)c1cc(N(c3ccccc3)c3ccc4c(c3)C(C)(C)c3ccccc3-4)c(C)cc1-2. The van der Waals surface area contributed by atoms with E-state index in [0.717, 1.165) is 22.8 Å². The van der Waals surface area contributed by atoms with E-state index in [2.05, 4.69) is 176 Å². The third kappa shape index (κ3) is 4.42. The molecule has 0 unspecified atom stereocenters. The fraction of sp³-hybridized carbons (Fsp3) is 0.216. The van der Waals surface area contributed by atoms with E-state index >= 15 is 0 Å². The van der Waals surface area contributed by atoms with E-state index in [1.54, 1.807) is 0 Å². The molecule has 3 aliphatic carbocycles. The van der Waals surface area contributed by atoms with Gasteiger partial charge in [0, 0.05) is 45.1 Å². The monoisotopic (exact) mass is 699 g/mol. The molecule has 0 amide bonds. The maximum Gasteiger partial charge on any atom is 0.0937 e. The average molecular weight is 700 g/mol. The lowest BCUT2D eigenvalue weighted by Gasteiger charge is -2.31. The van der Waals surface area contributed by atoms with Crippen molar-refractivity contribution in [1.82, 2.24) is 9.97 Å². The molecule has 0 saturated carbocycles. The summed E-state index contributed by atoms with van der Waals surface area (Å²) in [6.07, 6.45) is 1.89. The van der Waals surface area contributed by atoms with Gasteiger partial charge in [0.2, 0.25) is 0 Å². The maximum atomic E-state index is 5.34. The molecule has 0 fully saturated rings. The maximum absolute atomic E-state index is 5.34. The van der Waals surface area contributed by atoms with Gasteiger partial charge in [0.1, 0.15) is 0 Å². The first-order valence-electron chi connectivity index (χ1n) is 19.3. The van der Waals surface area contributed by atoms with E-state index in [1.165, 1.54) is 83.7 Å². The third-order valence-electron chi connectivity index (χ3n) is 13.0. The van der Waals surface area contributed by atoms with Crippen LogP contribution in [0.4, 0.5) is 17.1 Å². The standard InChI is InChI=1S/C51H45N3/c1-30-25-37-38-26-31(2)46(54(32-15-10-9-11-16-32)33-20-21-35-34-17-12-13-18-39(34)49(3,4)42(35)27-33)29-44(38)51(7,8)43(37)28-36(30)45-23-22-41-48(53-45)47-40(50(41,5)6)19-14-24-52-47/h9-29H,1-8H3. The van der Waals surface area contributed by atoms with Crippen LogP contribution in [0.25, 0.3) is 44.9 Å². The van der Waals surface area contributed by atoms with Crippen molar-refractivity contribution in [2.24, 2.45) is 0 Å². The van der Waals surface area contributed by atoms with Gasteiger partial charge in [-0.1, -0.05) is 108 Å². The minimum absolute atomic E-state index is 0.0831. The normalized spacial score (nSPS) is 15.9. The second-order valence-electron chi connectivity index (χ2n) is 17.2. The Kier molecular flexibility index (Phi) is 6.76. The number of pyridine rings is 2. The molecule has 0 N–H and O–H groups in total. The van der Waals surface area contributed by atoms with Gasteiger partial charge in [0.25, 0.3) is 0 Å². The molecule has 0 saturated heterocycles. The second kappa shape index (κ2) is 11.1. The number of aromatic nitrogens is 2. The molecule has 0 spiro atoms. The molecule has 0 radical (unpaired) electrons. The Morgan fingerprint density at radius 1 is 0.426 bits per heavy atom. The minimum atomic E-state index is -0.216. The topological polar surface area (TPSA) is 29.0 Å². The van der Waals surface area contributed by atoms with Crippen molar-refractivity contribution in [2.45, 2.75) is 71.6 Å². The van der Waals surface area contributed by atoms with Crippen molar-refractivity contribution in [1.29, 1.82) is 0 Å². The number of hydrogen-bond acceptors (Lipinski definition) is 3. The zero-order valence-electron chi connectivity index (χ0n) is 32.5. The van der Waals surface area contributed by atoms with E-state index in [0.29, 0.717) is 0 Å². The van der Waals surface area contributed by atoms with Crippen LogP contribution in [0, 0.1) is 13.8 Å². The number of anilines is 3. The number of para-hydroxylation sites is 1. The first-order valence-corrected chi connectivity index (χ1v) is 19.3. The molecule has 3 heteroatoms. The van der Waals surface area contributed by atoms with Gasteiger partial charge >= 0.3 is 0 Å². The van der Waals surface area contributed by atoms with E-state index in [4.69, 9.17) is 9.97 Å². The number of benzene rings is 5. The Morgan fingerprint density at radius 2 is 1.04 bits per heavy atom. The fourth-order valence-corrected chi connectivity index (χ4v) is 9.92. The summed E-state index contributed by atoms with van der Waals surface area (Å²) in [5.41, 5.74) is 23.1. The Hall–Kier alpha value is -5.80. The summed E-state index contributed by atoms with van der Waals surface area (Å²) in [7, 11) is 0. The highest BCUT2D eigenvalue weighted by molar-refractivity contribution is 5.91. The summed E-state index contributed by atoms with van der Waals surface area (Å²) < 4.78 is 0. The molecular weight excluding hydrogens is 655 g/mol. The lowest BCUT2D eigenvalue weighted by atomic mass is 9.80. The summed E-state index contributed by atoms with van der Waals surface area (Å²) in [6.45, 7) is 18.6. The number of nitrogens with zero attached hydrogens (tertiary/aromatic N) is 3. The first-order chi connectivity index (χ1) is 25.9. The number of hydrogen-bond donors (Lipinski definition) is 0. The van der Waals surface area contributed by atoms with E-state index in [9.17, 15) is 0 Å². The van der Waals surface area contributed by atoms with Crippen LogP contribution in [0.2, 0.25) is 0 Å². The van der Waals surface area contributed by atoms with Gasteiger partial charge < -0.3 is 4.90 Å². The lowest BCUT2D eigenvalue weighted by molar-refractivity contribution is 0.658. The predicted octanol–water partition coefficient (Wildman–Crippen LogP) is 13.1. The van der Waals surface area contributed by atoms with Gasteiger partial charge in [-0.25, -0.2) is 4.98 Å². The van der Waals surface area contributed by atoms with Gasteiger partial charge in [-0.3, -0.25) is 4.98 Å². The van der Waals surface area contributed by atoms with Gasteiger partial charge in [0.05, 0.1) is 17.1 Å². The molecule has 3 nitrogen and oxygen atoms in total. The number of rotatable bonds is 4. The highest BCUT2D eigenvalue weighted by Gasteiger charge is 2.40. The number of fused-ring (bicyclic) bond motifs is 9. The molecule has 264 valence electrons. The molecule has 54 heavy (non-hydrogen) atoms. The van der Waals surface area contributed by atoms with Crippen LogP contribution in [0.1, 0.15) is 86.1 Å². The van der Waals surface area contributed by atoms with Crippen LogP contribution >= 0.6 is 0 Å². The smallest absolute Gasteiger partial charge is 0.0937 e. The summed E-state index contributed by atoms with van der Waals surface area (Å²) in [4.78, 5) is 12.6. The molecule has 2 aromatic heterocycles. The molecule has 0 atom stereocenters. The minimum Gasteiger partial charge on any atom is -0.310 e. The van der Waals surface area contributed by atoms with E-state index < -0.39 is 0 Å². The van der Waals surface area contributed by atoms with Crippen LogP contribution in [0.15, 0.2) is 128 Å². The summed E-state index contributed by atoms with van der Waals surface area (Å²) in [6, 6.07) is 45.3. The Morgan fingerprint density at radius 3 is 1.83 bits per heavy atom. The molecule has 5 aromatic carbocycles. The second-order valence-corrected chi connectivity index (χ2v) is 17.2. The Bertz CT molecular complexity index is 2710. The van der Waals surface area contributed by atoms with Crippen LogP contribution in [-0.4, -0.2) is 9.97 Å². The quantitative estimate of drug-likeness (QED) is 0.183. The van der Waals surface area contributed by atoms with Gasteiger partial charge in [-0.15, -0.1) is 0 Å². The molecule has 0 bridgehead atoms. The molecule has 3 aliphatic rings. The molecule has 0 aliphatic heterocycles. The molecule has 2 heterocycles. The predicted molar refractivity (Wildman–Crippen MR) is 224 cm³/mol. The molecule has 7 aromatic rings. The van der Waals surface area contributed by atoms with Crippen molar-refractivity contribution in [3.05, 3.63) is 172 Å². The van der Waals surface area contributed by atoms with Crippen molar-refractivity contribution in [2.75, 3.05) is 4.90 Å². The summed E-state index contributed by atoms with van der Waals surface area (Å²) in [5, 5.41) is 0. The van der Waals surface area contributed by atoms with Gasteiger partial charge in [0.15, 0.2) is 0 Å². The Labute approximate surface area is 319 Å². The van der Waals surface area contributed by atoms with Crippen molar-refractivity contribution >= 4 is 17.1 Å². The summed E-state index contributed by atoms with van der Waals surface area (Å²) >= 11 is 0. The first kappa shape index (κ1) is 32.8. The van der Waals surface area contributed by atoms with Crippen molar-refractivity contribution in [3.8, 4) is 44.9 Å². The van der Waals surface area contributed by atoms with Crippen LogP contribution in [0.3, 0.4) is 0 Å². The molecule has 10 rings (SSSR count). The van der Waals surface area contributed by atoms with E-state index in [1.807, 2.05) is 12.3 Å². The average Bonchev–Trinajstić information content (AvgIpc) is 3.63. The zero-order valence-corrected chi connectivity index (χ0v) is 32.5. The highest BCUT2D eigenvalue weighted by atomic mass is 15.1. The summed E-state index contributed by atoms with van der Waals surface area (Å²) in [5.74, 6) is 0. The van der Waals surface area contributed by atoms with Crippen LogP contribution < -0.4 is 4.90 Å². The Balaban J connectivity index is 1.10. The molecular formula is C51H45N3. The van der Waals surface area contributed by atoms with Crippen molar-refractivity contribution in [3.63, 3.8) is 0 Å². The van der Waals surface area contributed by atoms with E-state index in [-0.39, 0.29) is 16.2 Å². The van der Waals surface area contributed by atoms with Gasteiger partial charge in [-0.2, -0.15) is 0 Å². The largest absolute Gasteiger partial charge is 0.310 e.